The lowest BCUT2D eigenvalue weighted by Crippen LogP contribution is -2.46. The number of ether oxygens (including phenoxy) is 1. The zero-order valence-electron chi connectivity index (χ0n) is 16.3. The fourth-order valence-electron chi connectivity index (χ4n) is 3.58. The molecular weight excluding hydrogens is 443 g/mol. The number of benzene rings is 1. The van der Waals surface area contributed by atoms with E-state index in [-0.39, 0.29) is 22.7 Å². The number of aromatic nitrogens is 2. The predicted molar refractivity (Wildman–Crippen MR) is 101 cm³/mol. The number of likely N-dealkylation sites (tertiary alicyclic amines) is 1. The van der Waals surface area contributed by atoms with E-state index < -0.39 is 55.7 Å². The second-order valence-corrected chi connectivity index (χ2v) is 7.49. The summed E-state index contributed by atoms with van der Waals surface area (Å²) in [5.41, 5.74) is -0.195. The molecule has 0 saturated carbocycles. The highest BCUT2D eigenvalue weighted by molar-refractivity contribution is 5.79. The maximum atomic E-state index is 13.8. The van der Waals surface area contributed by atoms with Crippen LogP contribution in [0.2, 0.25) is 0 Å². The molecular formula is C21H16F7N3O. The van der Waals surface area contributed by atoms with Crippen LogP contribution in [0.15, 0.2) is 42.7 Å². The molecule has 1 atom stereocenters. The van der Waals surface area contributed by atoms with Crippen molar-refractivity contribution in [2.45, 2.75) is 31.0 Å². The molecule has 0 amide bonds. The highest BCUT2D eigenvalue weighted by atomic mass is 19.4. The molecule has 2 aromatic heterocycles. The molecule has 11 heteroatoms. The number of fused-ring (bicyclic) bond motifs is 1. The highest BCUT2D eigenvalue weighted by Crippen LogP contribution is 2.41. The highest BCUT2D eigenvalue weighted by Gasteiger charge is 2.48. The van der Waals surface area contributed by atoms with Crippen molar-refractivity contribution in [1.29, 1.82) is 0 Å². The monoisotopic (exact) mass is 459 g/mol. The van der Waals surface area contributed by atoms with Gasteiger partial charge in [-0.15, -0.1) is 0 Å². The third-order valence-electron chi connectivity index (χ3n) is 5.17. The Morgan fingerprint density at radius 1 is 0.969 bits per heavy atom. The van der Waals surface area contributed by atoms with Gasteiger partial charge < -0.3 is 4.74 Å². The second kappa shape index (κ2) is 8.19. The summed E-state index contributed by atoms with van der Waals surface area (Å²) < 4.78 is 100. The van der Waals surface area contributed by atoms with Crippen LogP contribution < -0.4 is 4.74 Å². The van der Waals surface area contributed by atoms with Crippen molar-refractivity contribution >= 4 is 10.9 Å². The van der Waals surface area contributed by atoms with Gasteiger partial charge in [0.15, 0.2) is 11.6 Å². The first-order valence-electron chi connectivity index (χ1n) is 9.59. The molecule has 3 heterocycles. The summed E-state index contributed by atoms with van der Waals surface area (Å²) in [6.45, 7) is -0.833. The number of piperidine rings is 1. The molecule has 3 aromatic rings. The first-order valence-corrected chi connectivity index (χ1v) is 9.59. The molecule has 4 nitrogen and oxygen atoms in total. The van der Waals surface area contributed by atoms with Gasteiger partial charge in [0.25, 0.3) is 5.92 Å². The fraction of sp³-hybridized carbons (Fsp3) is 0.333. The van der Waals surface area contributed by atoms with E-state index in [0.29, 0.717) is 11.5 Å². The minimum absolute atomic E-state index is 0.0724. The summed E-state index contributed by atoms with van der Waals surface area (Å²) in [7, 11) is 0. The number of hydrogen-bond donors (Lipinski definition) is 0. The average Bonchev–Trinajstić information content (AvgIpc) is 2.70. The number of rotatable bonds is 4. The molecule has 1 fully saturated rings. The fourth-order valence-corrected chi connectivity index (χ4v) is 3.58. The maximum Gasteiger partial charge on any atom is 0.409 e. The molecule has 4 rings (SSSR count). The topological polar surface area (TPSA) is 38.2 Å². The van der Waals surface area contributed by atoms with Gasteiger partial charge >= 0.3 is 6.18 Å². The van der Waals surface area contributed by atoms with Gasteiger partial charge in [-0.25, -0.2) is 17.6 Å². The van der Waals surface area contributed by atoms with Gasteiger partial charge in [-0.1, -0.05) is 0 Å². The van der Waals surface area contributed by atoms with Crippen LogP contribution in [0.3, 0.4) is 0 Å². The van der Waals surface area contributed by atoms with Crippen LogP contribution in [-0.2, 0) is 0 Å². The Morgan fingerprint density at radius 2 is 1.69 bits per heavy atom. The Labute approximate surface area is 177 Å². The third-order valence-corrected chi connectivity index (χ3v) is 5.17. The first-order chi connectivity index (χ1) is 15.0. The Balaban J connectivity index is 1.61. The zero-order valence-corrected chi connectivity index (χ0v) is 16.3. The Kier molecular flexibility index (Phi) is 5.70. The molecule has 170 valence electrons. The quantitative estimate of drug-likeness (QED) is 0.447. The number of pyridine rings is 2. The molecule has 1 unspecified atom stereocenters. The minimum atomic E-state index is -4.73. The van der Waals surface area contributed by atoms with Crippen molar-refractivity contribution in [2.75, 3.05) is 13.1 Å². The molecule has 0 N–H and O–H groups in total. The Bertz CT molecular complexity index is 1130. The molecule has 0 spiro atoms. The lowest BCUT2D eigenvalue weighted by molar-refractivity contribution is -0.198. The van der Waals surface area contributed by atoms with Crippen LogP contribution in [0.1, 0.15) is 24.6 Å². The van der Waals surface area contributed by atoms with Crippen LogP contribution in [0, 0.1) is 11.6 Å². The van der Waals surface area contributed by atoms with Crippen molar-refractivity contribution in [3.8, 4) is 11.5 Å². The maximum absolute atomic E-state index is 13.8. The summed E-state index contributed by atoms with van der Waals surface area (Å²) in [6.07, 6.45) is -3.71. The van der Waals surface area contributed by atoms with E-state index >= 15 is 0 Å². The van der Waals surface area contributed by atoms with Crippen molar-refractivity contribution in [3.63, 3.8) is 0 Å². The molecule has 1 aromatic carbocycles. The van der Waals surface area contributed by atoms with Crippen molar-refractivity contribution in [2.24, 2.45) is 0 Å². The summed E-state index contributed by atoms with van der Waals surface area (Å²) in [4.78, 5) is 8.89. The average molecular weight is 459 g/mol. The molecule has 1 aliphatic heterocycles. The molecule has 1 saturated heterocycles. The van der Waals surface area contributed by atoms with Crippen molar-refractivity contribution in [3.05, 3.63) is 60.1 Å². The molecule has 32 heavy (non-hydrogen) atoms. The van der Waals surface area contributed by atoms with E-state index in [4.69, 9.17) is 4.74 Å². The van der Waals surface area contributed by atoms with E-state index in [2.05, 4.69) is 9.97 Å². The van der Waals surface area contributed by atoms with E-state index in [9.17, 15) is 30.7 Å². The van der Waals surface area contributed by atoms with Crippen LogP contribution in [0.4, 0.5) is 30.7 Å². The van der Waals surface area contributed by atoms with Gasteiger partial charge in [0, 0.05) is 43.6 Å². The summed E-state index contributed by atoms with van der Waals surface area (Å²) in [6, 6.07) is 3.13. The van der Waals surface area contributed by atoms with Gasteiger partial charge in [0.1, 0.15) is 17.6 Å². The van der Waals surface area contributed by atoms with E-state index in [1.165, 1.54) is 12.3 Å². The minimum Gasteiger partial charge on any atom is -0.453 e. The van der Waals surface area contributed by atoms with Gasteiger partial charge in [0.05, 0.1) is 17.4 Å². The number of alkyl halides is 5. The SMILES string of the molecule is Fc1ccc(Oc2cnc3cc(C(N4CCC(F)(F)CC4)C(F)(F)F)ncc3c2)c(F)c1. The first kappa shape index (κ1) is 22.3. The largest absolute Gasteiger partial charge is 0.453 e. The zero-order chi connectivity index (χ0) is 23.1. The smallest absolute Gasteiger partial charge is 0.409 e. The van der Waals surface area contributed by atoms with E-state index in [1.807, 2.05) is 0 Å². The van der Waals surface area contributed by atoms with Gasteiger partial charge in [-0.05, 0) is 24.3 Å². The van der Waals surface area contributed by atoms with Crippen molar-refractivity contribution in [1.82, 2.24) is 14.9 Å². The Hall–Kier alpha value is -2.95. The molecule has 0 radical (unpaired) electrons. The van der Waals surface area contributed by atoms with Crippen LogP contribution in [-0.4, -0.2) is 40.1 Å². The van der Waals surface area contributed by atoms with Gasteiger partial charge in [-0.3, -0.25) is 14.9 Å². The number of hydrogen-bond acceptors (Lipinski definition) is 4. The van der Waals surface area contributed by atoms with Crippen molar-refractivity contribution < 1.29 is 35.5 Å². The third kappa shape index (κ3) is 4.77. The summed E-state index contributed by atoms with van der Waals surface area (Å²) >= 11 is 0. The molecule has 1 aliphatic rings. The number of halogens is 7. The summed E-state index contributed by atoms with van der Waals surface area (Å²) in [5, 5.41) is 0.319. The molecule has 0 bridgehead atoms. The Morgan fingerprint density at radius 3 is 2.34 bits per heavy atom. The lowest BCUT2D eigenvalue weighted by Gasteiger charge is -2.37. The molecule has 0 aliphatic carbocycles. The number of nitrogens with zero attached hydrogens (tertiary/aromatic N) is 3. The van der Waals surface area contributed by atoms with E-state index in [1.54, 1.807) is 0 Å². The van der Waals surface area contributed by atoms with Crippen LogP contribution in [0.5, 0.6) is 11.5 Å². The van der Waals surface area contributed by atoms with Crippen LogP contribution in [0.25, 0.3) is 10.9 Å². The standard InChI is InChI=1S/C21H16F7N3O/c22-13-1-2-18(15(23)8-13)32-14-7-12-10-29-17(9-16(12)30-11-14)19(21(26,27)28)31-5-3-20(24,25)4-6-31/h1-2,7-11,19H,3-6H2. The second-order valence-electron chi connectivity index (χ2n) is 7.49. The van der Waals surface area contributed by atoms with Gasteiger partial charge in [0.2, 0.25) is 0 Å². The van der Waals surface area contributed by atoms with Gasteiger partial charge in [-0.2, -0.15) is 13.2 Å². The lowest BCUT2D eigenvalue weighted by atomic mass is 10.0. The summed E-state index contributed by atoms with van der Waals surface area (Å²) in [5.74, 6) is -4.87. The normalized spacial score (nSPS) is 18.0. The van der Waals surface area contributed by atoms with Crippen LogP contribution >= 0.6 is 0 Å². The van der Waals surface area contributed by atoms with E-state index in [0.717, 1.165) is 29.3 Å². The predicted octanol–water partition coefficient (Wildman–Crippen LogP) is 6.03.